The van der Waals surface area contributed by atoms with Crippen molar-refractivity contribution in [3.8, 4) is 0 Å². The molecule has 0 unspecified atom stereocenters. The Morgan fingerprint density at radius 2 is 2.27 bits per heavy atom. The van der Waals surface area contributed by atoms with E-state index in [4.69, 9.17) is 6.15 Å². The topological polar surface area (TPSA) is 45.1 Å². The minimum atomic E-state index is 0.847. The van der Waals surface area contributed by atoms with E-state index in [-0.39, 0.29) is 0 Å². The summed E-state index contributed by atoms with van der Waals surface area (Å²) in [5.74, 6) is 0. The second kappa shape index (κ2) is 16.5. The van der Waals surface area contributed by atoms with Crippen LogP contribution in [-0.2, 0) is 4.74 Å². The summed E-state index contributed by atoms with van der Waals surface area (Å²) in [4.78, 5) is 0. The number of ether oxygens (including phenoxy) is 1. The maximum Gasteiger partial charge on any atom is 0.192 e. The molecule has 0 aliphatic heterocycles. The first-order chi connectivity index (χ1) is 5.83. The fraction of sp³-hybridized carbons (Fsp3) is 1.00. The summed E-state index contributed by atoms with van der Waals surface area (Å²) in [6, 6.07) is 0. The highest BCUT2D eigenvalue weighted by Crippen LogP contribution is 1.86. The van der Waals surface area contributed by atoms with Gasteiger partial charge in [-0.25, -0.2) is 0 Å². The summed E-state index contributed by atoms with van der Waals surface area (Å²) < 4.78 is 10.9. The van der Waals surface area contributed by atoms with Crippen molar-refractivity contribution in [1.29, 1.82) is 5.15 Å². The lowest BCUT2D eigenvalue weighted by atomic mass is 10.3. The van der Waals surface area contributed by atoms with Gasteiger partial charge in [-0.2, -0.15) is 0 Å². The van der Waals surface area contributed by atoms with Gasteiger partial charge in [0.15, 0.2) is 1.41 Å². The molecule has 0 saturated heterocycles. The van der Waals surface area contributed by atoms with Gasteiger partial charge in [0.2, 0.25) is 0 Å². The van der Waals surface area contributed by atoms with E-state index in [2.05, 4.69) is 19.5 Å². The van der Waals surface area contributed by atoms with E-state index in [0.717, 1.165) is 19.8 Å². The van der Waals surface area contributed by atoms with E-state index in [1.165, 1.54) is 12.8 Å². The number of rotatable bonds is 6. The van der Waals surface area contributed by atoms with Crippen molar-refractivity contribution in [2.45, 2.75) is 19.8 Å². The molecule has 0 aromatic carbocycles. The fourth-order valence-electron chi connectivity index (χ4n) is 0.650. The minimum absolute atomic E-state index is 0.847. The smallest absolute Gasteiger partial charge is 0.192 e. The maximum absolute atomic E-state index is 5.75. The van der Waals surface area contributed by atoms with Gasteiger partial charge in [-0.15, -0.1) is 0 Å². The van der Waals surface area contributed by atoms with Crippen LogP contribution in [0.2, 0.25) is 1.41 Å². The van der Waals surface area contributed by atoms with E-state index >= 15 is 0 Å². The zero-order chi connectivity index (χ0) is 9.66. The largest absolute Gasteiger partial charge is 0.382 e. The first kappa shape index (κ1) is 11.0. The van der Waals surface area contributed by atoms with Crippen LogP contribution in [0.15, 0.2) is 0 Å². The van der Waals surface area contributed by atoms with Crippen LogP contribution < -0.4 is 5.32 Å². The van der Waals surface area contributed by atoms with Crippen molar-refractivity contribution >= 4 is 9.03 Å². The van der Waals surface area contributed by atoms with Gasteiger partial charge in [0, 0.05) is 13.2 Å². The van der Waals surface area contributed by atoms with E-state index in [9.17, 15) is 0 Å². The van der Waals surface area contributed by atoms with Gasteiger partial charge in [-0.3, -0.25) is 5.15 Å². The predicted octanol–water partition coefficient (Wildman–Crippen LogP) is 1.91. The molecule has 4 heteroatoms. The normalized spacial score (nSPS) is 9.45. The lowest BCUT2D eigenvalue weighted by molar-refractivity contribution is 0.143. The van der Waals surface area contributed by atoms with Gasteiger partial charge in [-0.05, 0) is 42.4 Å². The molecule has 0 heterocycles. The molecule has 0 saturated carbocycles. The van der Waals surface area contributed by atoms with Gasteiger partial charge in [0.25, 0.3) is 0 Å². The Morgan fingerprint density at radius 3 is 2.73 bits per heavy atom. The zero-order valence-electron chi connectivity index (χ0n) is 8.39. The molecule has 0 amide bonds. The molecule has 2 N–H and O–H groups in total. The average Bonchev–Trinajstić information content (AvgIpc) is 2.06. The number of unbranched alkanes of at least 4 members (excludes halogenated alkanes) is 1. The van der Waals surface area contributed by atoms with Crippen molar-refractivity contribution in [3.63, 3.8) is 0 Å². The molecule has 0 rings (SSSR count). The van der Waals surface area contributed by atoms with Gasteiger partial charge in [0.1, 0.15) is 0 Å². The van der Waals surface area contributed by atoms with Crippen molar-refractivity contribution in [2.75, 3.05) is 26.8 Å². The van der Waals surface area contributed by atoms with E-state index in [1.54, 1.807) is 0 Å². The summed E-state index contributed by atoms with van der Waals surface area (Å²) in [6.45, 7) is 4.89. The molecule has 0 bridgehead atoms. The molecule has 0 atom stereocenters. The Kier molecular flexibility index (Phi) is 16.6. The summed E-state index contributed by atoms with van der Waals surface area (Å²) in [5, 5.41) is 5.64. The monoisotopic (exact) mass is 179 g/mol. The van der Waals surface area contributed by atoms with E-state index in [0.29, 0.717) is 0 Å². The summed E-state index contributed by atoms with van der Waals surface area (Å²) in [7, 11) is 4.45. The van der Waals surface area contributed by atoms with Crippen LogP contribution in [0, 0.1) is 5.15 Å². The second-order valence-electron chi connectivity index (χ2n) is 2.01. The highest BCUT2D eigenvalue weighted by Gasteiger charge is 1.84. The molecule has 68 valence electrons. The van der Waals surface area contributed by atoms with Crippen molar-refractivity contribution < 1.29 is 6.15 Å². The van der Waals surface area contributed by atoms with Crippen LogP contribution in [0.5, 0.6) is 0 Å². The van der Waals surface area contributed by atoms with Crippen molar-refractivity contribution in [3.05, 3.63) is 0 Å². The molecule has 0 aliphatic carbocycles. The van der Waals surface area contributed by atoms with Crippen molar-refractivity contribution in [1.82, 2.24) is 5.32 Å². The molecule has 0 aromatic heterocycles. The van der Waals surface area contributed by atoms with Gasteiger partial charge in [0.05, 0.1) is 0 Å². The van der Waals surface area contributed by atoms with Gasteiger partial charge in [-0.1, -0.05) is 0 Å². The van der Waals surface area contributed by atoms with Crippen LogP contribution in [0.1, 0.15) is 19.8 Å². The fourth-order valence-corrected chi connectivity index (χ4v) is 0.650. The van der Waals surface area contributed by atoms with E-state index in [1.807, 2.05) is 14.0 Å². The van der Waals surface area contributed by atoms with Crippen LogP contribution in [0.3, 0.4) is 0 Å². The number of nitrogens with one attached hydrogen (secondary N) is 2. The molecule has 3 nitrogen and oxygen atoms in total. The second-order valence-corrected chi connectivity index (χ2v) is 2.01. The van der Waals surface area contributed by atoms with Crippen LogP contribution >= 0.6 is 9.03 Å². The van der Waals surface area contributed by atoms with Gasteiger partial charge < -0.3 is 10.1 Å². The Labute approximate surface area is 73.1 Å². The van der Waals surface area contributed by atoms with Crippen LogP contribution in [0.25, 0.3) is 0 Å². The predicted molar refractivity (Wildman–Crippen MR) is 50.7 cm³/mol. The summed E-state index contributed by atoms with van der Waals surface area (Å²) >= 11 is 0. The summed E-state index contributed by atoms with van der Waals surface area (Å²) in [6.07, 6.45) is 2.39. The number of hydrogen-bond donors (Lipinski definition) is 2. The molecule has 0 spiro atoms. The minimum Gasteiger partial charge on any atom is -0.382 e. The third-order valence-corrected chi connectivity index (χ3v) is 1.17. The Balaban J connectivity index is 0. The Morgan fingerprint density at radius 1 is 1.64 bits per heavy atom. The SMILES string of the molecule is CCOCCCCNC.[2H]N=P. The van der Waals surface area contributed by atoms with E-state index < -0.39 is 0 Å². The molecule has 0 aromatic rings. The van der Waals surface area contributed by atoms with Crippen LogP contribution in [-0.4, -0.2) is 26.8 Å². The first-order valence-corrected chi connectivity index (χ1v) is 4.31. The molecular formula is C7H19N2OP. The standard InChI is InChI=1S/C7H17NO.H2NP/c1-3-9-7-5-4-6-8-2;1-2/h8H,3-7H2,1-2H3;1-2H/i/hD. The quantitative estimate of drug-likeness (QED) is 0.483. The zero-order valence-corrected chi connectivity index (χ0v) is 8.39. The lowest BCUT2D eigenvalue weighted by Crippen LogP contribution is -2.08. The van der Waals surface area contributed by atoms with Gasteiger partial charge >= 0.3 is 0 Å². The third-order valence-electron chi connectivity index (χ3n) is 1.17. The highest BCUT2D eigenvalue weighted by atomic mass is 31.0. The molecule has 0 fully saturated rings. The first-order valence-electron chi connectivity index (χ1n) is 4.31. The third kappa shape index (κ3) is 17.8. The summed E-state index contributed by atoms with van der Waals surface area (Å²) in [5.41, 5.74) is 0. The molecular weight excluding hydrogens is 159 g/mol. The highest BCUT2D eigenvalue weighted by molar-refractivity contribution is 7.02. The maximum atomic E-state index is 5.75. The Bertz CT molecular complexity index is 79.8. The van der Waals surface area contributed by atoms with Crippen molar-refractivity contribution in [2.24, 2.45) is 0 Å². The Hall–Kier alpha value is 0.0200. The molecule has 0 radical (unpaired) electrons. The van der Waals surface area contributed by atoms with Crippen LogP contribution in [0.4, 0.5) is 0 Å². The average molecular weight is 179 g/mol. The molecule has 0 aliphatic rings. The number of hydrogen-bond acceptors (Lipinski definition) is 3. The lowest BCUT2D eigenvalue weighted by Gasteiger charge is -1.99. The molecule has 11 heavy (non-hydrogen) atoms.